The molecule has 0 aliphatic carbocycles. The van der Waals surface area contributed by atoms with Crippen LogP contribution in [0.5, 0.6) is 11.5 Å². The van der Waals surface area contributed by atoms with E-state index in [4.69, 9.17) is 14.6 Å². The van der Waals surface area contributed by atoms with Crippen LogP contribution < -0.4 is 19.7 Å². The number of carbonyl (C=O) groups is 4. The molecule has 1 heterocycles. The van der Waals surface area contributed by atoms with Gasteiger partial charge in [-0.15, -0.1) is 6.58 Å². The molecule has 1 aliphatic rings. The van der Waals surface area contributed by atoms with Gasteiger partial charge in [0.15, 0.2) is 18.1 Å². The Kier molecular flexibility index (Phi) is 6.92. The molecule has 2 aromatic rings. The lowest BCUT2D eigenvalue weighted by Crippen LogP contribution is -2.54. The van der Waals surface area contributed by atoms with E-state index in [1.807, 2.05) is 6.92 Å². The molecule has 170 valence electrons. The van der Waals surface area contributed by atoms with E-state index in [-0.39, 0.29) is 17.1 Å². The quantitative estimate of drug-likeness (QED) is 0.360. The van der Waals surface area contributed by atoms with Crippen LogP contribution >= 0.6 is 0 Å². The largest absolute Gasteiger partial charge is 0.493 e. The van der Waals surface area contributed by atoms with Crippen molar-refractivity contribution >= 4 is 35.6 Å². The summed E-state index contributed by atoms with van der Waals surface area (Å²) in [4.78, 5) is 49.7. The first kappa shape index (κ1) is 23.3. The molecule has 0 atom stereocenters. The predicted molar refractivity (Wildman–Crippen MR) is 120 cm³/mol. The molecule has 0 saturated carbocycles. The second-order valence-electron chi connectivity index (χ2n) is 7.18. The monoisotopic (exact) mass is 450 g/mol. The first-order valence-electron chi connectivity index (χ1n) is 9.89. The number of methoxy groups -OCH3 is 1. The van der Waals surface area contributed by atoms with Crippen molar-refractivity contribution in [3.63, 3.8) is 0 Å². The van der Waals surface area contributed by atoms with Crippen molar-refractivity contribution in [2.45, 2.75) is 13.3 Å². The number of hydrogen-bond acceptors (Lipinski definition) is 6. The summed E-state index contributed by atoms with van der Waals surface area (Å²) in [6, 6.07) is 9.01. The van der Waals surface area contributed by atoms with Crippen LogP contribution in [0.4, 0.5) is 10.5 Å². The maximum absolute atomic E-state index is 13.1. The average molecular weight is 450 g/mol. The molecule has 1 saturated heterocycles. The fourth-order valence-corrected chi connectivity index (χ4v) is 3.28. The van der Waals surface area contributed by atoms with Gasteiger partial charge in [0.25, 0.3) is 11.8 Å². The Morgan fingerprint density at radius 3 is 2.48 bits per heavy atom. The van der Waals surface area contributed by atoms with Gasteiger partial charge in [0.2, 0.25) is 0 Å². The molecule has 1 aliphatic heterocycles. The Morgan fingerprint density at radius 1 is 1.18 bits per heavy atom. The number of nitrogens with zero attached hydrogens (tertiary/aromatic N) is 1. The average Bonchev–Trinajstić information content (AvgIpc) is 2.76. The first-order valence-corrected chi connectivity index (χ1v) is 9.89. The number of carboxylic acid groups (broad SMARTS) is 1. The van der Waals surface area contributed by atoms with E-state index in [0.29, 0.717) is 23.2 Å². The van der Waals surface area contributed by atoms with Crippen molar-refractivity contribution in [2.24, 2.45) is 0 Å². The second-order valence-corrected chi connectivity index (χ2v) is 7.18. The zero-order chi connectivity index (χ0) is 24.1. The Labute approximate surface area is 189 Å². The normalized spacial score (nSPS) is 14.8. The zero-order valence-electron chi connectivity index (χ0n) is 18.1. The molecule has 0 radical (unpaired) electrons. The van der Waals surface area contributed by atoms with Crippen molar-refractivity contribution in [2.75, 3.05) is 18.6 Å². The Balaban J connectivity index is 2.04. The third-order valence-corrected chi connectivity index (χ3v) is 4.78. The van der Waals surface area contributed by atoms with Gasteiger partial charge in [-0.3, -0.25) is 14.9 Å². The number of aryl methyl sites for hydroxylation is 1. The molecule has 0 unspecified atom stereocenters. The van der Waals surface area contributed by atoms with Gasteiger partial charge in [-0.2, -0.15) is 0 Å². The van der Waals surface area contributed by atoms with Gasteiger partial charge in [0, 0.05) is 5.56 Å². The van der Waals surface area contributed by atoms with E-state index in [0.717, 1.165) is 10.5 Å². The highest BCUT2D eigenvalue weighted by atomic mass is 16.5. The summed E-state index contributed by atoms with van der Waals surface area (Å²) in [6.45, 7) is 4.98. The highest BCUT2D eigenvalue weighted by molar-refractivity contribution is 6.39. The lowest BCUT2D eigenvalue weighted by Gasteiger charge is -2.26. The smallest absolute Gasteiger partial charge is 0.341 e. The standard InChI is InChI=1S/C24H22N2O7/c1-4-5-16-10-15(12-19(32-3)21(16)33-13-20(27)28)11-18-22(29)25-24(31)26(23(18)30)17-8-6-14(2)7-9-17/h4,6-12H,1,5,13H2,2-3H3,(H,27,28)(H,25,29,31). The number of urea groups is 1. The number of rotatable bonds is 8. The molecule has 3 rings (SSSR count). The van der Waals surface area contributed by atoms with E-state index < -0.39 is 30.4 Å². The number of amides is 4. The molecule has 0 aromatic heterocycles. The summed E-state index contributed by atoms with van der Waals surface area (Å²) >= 11 is 0. The Morgan fingerprint density at radius 2 is 1.88 bits per heavy atom. The van der Waals surface area contributed by atoms with Crippen LogP contribution in [0.15, 0.2) is 54.6 Å². The number of hydrogen-bond donors (Lipinski definition) is 2. The van der Waals surface area contributed by atoms with Gasteiger partial charge in [0.1, 0.15) is 5.57 Å². The minimum Gasteiger partial charge on any atom is -0.493 e. The van der Waals surface area contributed by atoms with Crippen molar-refractivity contribution < 1.29 is 33.8 Å². The molecule has 1 fully saturated rings. The number of barbiturate groups is 1. The molecule has 2 aromatic carbocycles. The summed E-state index contributed by atoms with van der Waals surface area (Å²) in [5.41, 5.74) is 1.99. The zero-order valence-corrected chi connectivity index (χ0v) is 18.1. The molecule has 0 bridgehead atoms. The third-order valence-electron chi connectivity index (χ3n) is 4.78. The van der Waals surface area contributed by atoms with Gasteiger partial charge in [-0.25, -0.2) is 14.5 Å². The summed E-state index contributed by atoms with van der Waals surface area (Å²) in [5.74, 6) is -2.32. The number of nitrogens with one attached hydrogen (secondary N) is 1. The lowest BCUT2D eigenvalue weighted by molar-refractivity contribution is -0.139. The van der Waals surface area contributed by atoms with Crippen molar-refractivity contribution in [3.8, 4) is 11.5 Å². The number of ether oxygens (including phenoxy) is 2. The highest BCUT2D eigenvalue weighted by Gasteiger charge is 2.36. The highest BCUT2D eigenvalue weighted by Crippen LogP contribution is 2.35. The number of carbonyl (C=O) groups excluding carboxylic acids is 3. The minimum atomic E-state index is -1.15. The number of benzene rings is 2. The van der Waals surface area contributed by atoms with Crippen LogP contribution in [0.2, 0.25) is 0 Å². The van der Waals surface area contributed by atoms with Gasteiger partial charge >= 0.3 is 12.0 Å². The summed E-state index contributed by atoms with van der Waals surface area (Å²) < 4.78 is 10.7. The number of anilines is 1. The van der Waals surface area contributed by atoms with E-state index >= 15 is 0 Å². The van der Waals surface area contributed by atoms with Gasteiger partial charge in [0.05, 0.1) is 12.8 Å². The number of imide groups is 2. The molecular formula is C24H22N2O7. The molecule has 9 heteroatoms. The van der Waals surface area contributed by atoms with Crippen LogP contribution in [0.25, 0.3) is 6.08 Å². The molecular weight excluding hydrogens is 428 g/mol. The first-order chi connectivity index (χ1) is 15.7. The van der Waals surface area contributed by atoms with Crippen LogP contribution in [0.3, 0.4) is 0 Å². The molecule has 9 nitrogen and oxygen atoms in total. The van der Waals surface area contributed by atoms with Gasteiger partial charge in [-0.05, 0) is 49.2 Å². The fourth-order valence-electron chi connectivity index (χ4n) is 3.28. The van der Waals surface area contributed by atoms with E-state index in [1.54, 1.807) is 36.4 Å². The van der Waals surface area contributed by atoms with E-state index in [9.17, 15) is 19.2 Å². The third kappa shape index (κ3) is 5.09. The topological polar surface area (TPSA) is 122 Å². The number of allylic oxidation sites excluding steroid dienone is 1. The minimum absolute atomic E-state index is 0.220. The Hall–Kier alpha value is -4.40. The molecule has 0 spiro atoms. The number of carboxylic acids is 1. The maximum atomic E-state index is 13.1. The predicted octanol–water partition coefficient (Wildman–Crippen LogP) is 2.86. The van der Waals surface area contributed by atoms with Crippen LogP contribution in [0, 0.1) is 6.92 Å². The van der Waals surface area contributed by atoms with Crippen LogP contribution in [-0.2, 0) is 20.8 Å². The van der Waals surface area contributed by atoms with E-state index in [1.165, 1.54) is 19.3 Å². The van der Waals surface area contributed by atoms with Crippen LogP contribution in [-0.4, -0.2) is 42.6 Å². The van der Waals surface area contributed by atoms with Crippen molar-refractivity contribution in [1.82, 2.24) is 5.32 Å². The van der Waals surface area contributed by atoms with Gasteiger partial charge in [-0.1, -0.05) is 23.8 Å². The Bertz CT molecular complexity index is 1170. The molecule has 4 amide bonds. The van der Waals surface area contributed by atoms with Gasteiger partial charge < -0.3 is 14.6 Å². The fraction of sp³-hybridized carbons (Fsp3) is 0.167. The second kappa shape index (κ2) is 9.82. The SMILES string of the molecule is C=CCc1cc(C=C2C(=O)NC(=O)N(c3ccc(C)cc3)C2=O)cc(OC)c1OCC(=O)O. The van der Waals surface area contributed by atoms with Crippen molar-refractivity contribution in [3.05, 3.63) is 71.3 Å². The number of aliphatic carboxylic acids is 1. The summed E-state index contributed by atoms with van der Waals surface area (Å²) in [6.07, 6.45) is 3.24. The lowest BCUT2D eigenvalue weighted by atomic mass is 10.0. The summed E-state index contributed by atoms with van der Waals surface area (Å²) in [5, 5.41) is 11.1. The van der Waals surface area contributed by atoms with E-state index in [2.05, 4.69) is 11.9 Å². The maximum Gasteiger partial charge on any atom is 0.341 e. The molecule has 2 N–H and O–H groups in total. The summed E-state index contributed by atoms with van der Waals surface area (Å²) in [7, 11) is 1.38. The van der Waals surface area contributed by atoms with Crippen molar-refractivity contribution in [1.29, 1.82) is 0 Å². The molecule has 33 heavy (non-hydrogen) atoms. The van der Waals surface area contributed by atoms with Crippen LogP contribution in [0.1, 0.15) is 16.7 Å².